The second kappa shape index (κ2) is 11.8. The van der Waals surface area contributed by atoms with Crippen LogP contribution in [0.1, 0.15) is 50.7 Å². The number of hydrogen-bond donors (Lipinski definition) is 1. The summed E-state index contributed by atoms with van der Waals surface area (Å²) in [7, 11) is -1.87. The number of aromatic nitrogens is 2. The van der Waals surface area contributed by atoms with Crippen LogP contribution in [0.2, 0.25) is 0 Å². The molecule has 1 N–H and O–H groups in total. The second-order valence-corrected chi connectivity index (χ2v) is 14.6. The molecule has 1 amide bonds. The summed E-state index contributed by atoms with van der Waals surface area (Å²) in [6.45, 7) is 7.57. The predicted octanol–water partition coefficient (Wildman–Crippen LogP) is 6.50. The number of carbonyl (C=O) groups excluding carboxylic acids is 1. The van der Waals surface area contributed by atoms with Crippen molar-refractivity contribution in [3.63, 3.8) is 0 Å². The first-order valence-corrected chi connectivity index (χ1v) is 17.0. The number of nitrogens with one attached hydrogen (secondary N) is 1. The van der Waals surface area contributed by atoms with Gasteiger partial charge in [-0.05, 0) is 69.4 Å². The van der Waals surface area contributed by atoms with E-state index in [0.29, 0.717) is 42.8 Å². The lowest BCUT2D eigenvalue weighted by Gasteiger charge is -2.34. The van der Waals surface area contributed by atoms with Gasteiger partial charge < -0.3 is 24.4 Å². The number of hydrogen-bond acceptors (Lipinski definition) is 9. The molecule has 10 nitrogen and oxygen atoms in total. The number of piperidine rings is 1. The Labute approximate surface area is 263 Å². The standard InChI is InChI=1S/C34H38N4O6S/c1-34(2,3)44-33(39)38-16-13-21(14-17-38)24-11-12-28(31-27(24)15-18-43-31)36-32-35-20-22-7-6-8-26(30(22)37-32)25-10-9-23(45(5,40)41)19-29(25)42-4/h6-12,19-21H,13-18H2,1-5H3,(H,35,36,37). The van der Waals surface area contributed by atoms with Crippen LogP contribution in [0, 0.1) is 0 Å². The van der Waals surface area contributed by atoms with Gasteiger partial charge in [-0.2, -0.15) is 0 Å². The van der Waals surface area contributed by atoms with E-state index in [0.717, 1.165) is 47.2 Å². The normalized spacial score (nSPS) is 15.4. The number of methoxy groups -OCH3 is 1. The van der Waals surface area contributed by atoms with Gasteiger partial charge in [0, 0.05) is 54.0 Å². The summed E-state index contributed by atoms with van der Waals surface area (Å²) >= 11 is 0. The van der Waals surface area contributed by atoms with Crippen LogP contribution in [0.25, 0.3) is 22.0 Å². The summed E-state index contributed by atoms with van der Waals surface area (Å²) in [5.41, 5.74) is 4.96. The third-order valence-corrected chi connectivity index (χ3v) is 9.34. The maximum atomic E-state index is 12.6. The van der Waals surface area contributed by atoms with Crippen molar-refractivity contribution in [3.05, 3.63) is 65.9 Å². The van der Waals surface area contributed by atoms with E-state index in [1.807, 2.05) is 45.0 Å². The van der Waals surface area contributed by atoms with Crippen molar-refractivity contribution < 1.29 is 27.4 Å². The molecule has 6 rings (SSSR count). The van der Waals surface area contributed by atoms with E-state index in [-0.39, 0.29) is 11.0 Å². The van der Waals surface area contributed by atoms with Gasteiger partial charge in [-0.15, -0.1) is 0 Å². The van der Waals surface area contributed by atoms with Crippen molar-refractivity contribution in [2.24, 2.45) is 0 Å². The van der Waals surface area contributed by atoms with E-state index in [2.05, 4.69) is 16.4 Å². The number of nitrogens with zero attached hydrogens (tertiary/aromatic N) is 3. The fraction of sp³-hybridized carbons (Fsp3) is 0.382. The molecule has 11 heteroatoms. The van der Waals surface area contributed by atoms with E-state index < -0.39 is 15.4 Å². The lowest BCUT2D eigenvalue weighted by Crippen LogP contribution is -2.41. The average Bonchev–Trinajstić information content (AvgIpc) is 3.50. The number of carbonyl (C=O) groups is 1. The van der Waals surface area contributed by atoms with Gasteiger partial charge in [0.1, 0.15) is 17.1 Å². The molecule has 0 unspecified atom stereocenters. The molecule has 2 aliphatic rings. The molecule has 0 radical (unpaired) electrons. The molecule has 1 fully saturated rings. The van der Waals surface area contributed by atoms with Gasteiger partial charge in [0.2, 0.25) is 5.95 Å². The molecule has 1 aromatic heterocycles. The van der Waals surface area contributed by atoms with Crippen molar-refractivity contribution >= 4 is 38.5 Å². The number of para-hydroxylation sites is 1. The molecule has 4 aromatic rings. The molecular formula is C34H38N4O6S. The Morgan fingerprint density at radius 2 is 1.84 bits per heavy atom. The highest BCUT2D eigenvalue weighted by Gasteiger charge is 2.31. The molecule has 2 aliphatic heterocycles. The monoisotopic (exact) mass is 630 g/mol. The zero-order chi connectivity index (χ0) is 31.9. The van der Waals surface area contributed by atoms with Crippen LogP contribution >= 0.6 is 0 Å². The number of likely N-dealkylation sites (tertiary alicyclic amines) is 1. The number of amides is 1. The first-order chi connectivity index (χ1) is 21.4. The summed E-state index contributed by atoms with van der Waals surface area (Å²) < 4.78 is 41.6. The van der Waals surface area contributed by atoms with Crippen molar-refractivity contribution in [1.82, 2.24) is 14.9 Å². The molecule has 236 valence electrons. The minimum absolute atomic E-state index is 0.186. The number of rotatable bonds is 6. The quantitative estimate of drug-likeness (QED) is 0.254. The van der Waals surface area contributed by atoms with Gasteiger partial charge in [0.05, 0.1) is 29.8 Å². The van der Waals surface area contributed by atoms with Crippen LogP contribution in [-0.2, 0) is 21.0 Å². The van der Waals surface area contributed by atoms with Crippen LogP contribution in [0.15, 0.2) is 59.6 Å². The van der Waals surface area contributed by atoms with Crippen molar-refractivity contribution in [1.29, 1.82) is 0 Å². The summed E-state index contributed by atoms with van der Waals surface area (Å²) in [6, 6.07) is 14.8. The van der Waals surface area contributed by atoms with Crippen molar-refractivity contribution in [3.8, 4) is 22.6 Å². The topological polar surface area (TPSA) is 120 Å². The molecule has 0 saturated carbocycles. The number of anilines is 2. The highest BCUT2D eigenvalue weighted by Crippen LogP contribution is 2.43. The zero-order valence-electron chi connectivity index (χ0n) is 26.2. The molecule has 0 spiro atoms. The summed E-state index contributed by atoms with van der Waals surface area (Å²) in [6.07, 6.45) is 5.23. The minimum Gasteiger partial charge on any atom is -0.496 e. The summed E-state index contributed by atoms with van der Waals surface area (Å²) in [5, 5.41) is 4.21. The Morgan fingerprint density at radius 3 is 2.56 bits per heavy atom. The Hall–Kier alpha value is -4.38. The zero-order valence-corrected chi connectivity index (χ0v) is 27.0. The molecule has 0 bridgehead atoms. The fourth-order valence-corrected chi connectivity index (χ4v) is 6.72. The summed E-state index contributed by atoms with van der Waals surface area (Å²) in [5.74, 6) is 2.00. The average molecular weight is 631 g/mol. The molecule has 1 saturated heterocycles. The molecular weight excluding hydrogens is 592 g/mol. The Kier molecular flexibility index (Phi) is 8.07. The maximum Gasteiger partial charge on any atom is 0.410 e. The highest BCUT2D eigenvalue weighted by atomic mass is 32.2. The lowest BCUT2D eigenvalue weighted by molar-refractivity contribution is 0.0204. The minimum atomic E-state index is -3.39. The molecule has 0 aliphatic carbocycles. The molecule has 3 aromatic carbocycles. The number of sulfone groups is 1. The molecule has 45 heavy (non-hydrogen) atoms. The third-order valence-electron chi connectivity index (χ3n) is 8.23. The Morgan fingerprint density at radius 1 is 1.07 bits per heavy atom. The first-order valence-electron chi connectivity index (χ1n) is 15.1. The van der Waals surface area contributed by atoms with Gasteiger partial charge >= 0.3 is 6.09 Å². The number of benzene rings is 3. The second-order valence-electron chi connectivity index (χ2n) is 12.5. The number of fused-ring (bicyclic) bond motifs is 2. The SMILES string of the molecule is COc1cc(S(C)(=O)=O)ccc1-c1cccc2cnc(Nc3ccc(C4CCN(C(=O)OC(C)(C)C)CC4)c4c3OCC4)nc12. The van der Waals surface area contributed by atoms with Crippen molar-refractivity contribution in [2.45, 2.75) is 56.4 Å². The van der Waals surface area contributed by atoms with Gasteiger partial charge in [0.25, 0.3) is 0 Å². The summed E-state index contributed by atoms with van der Waals surface area (Å²) in [4.78, 5) is 24.0. The van der Waals surface area contributed by atoms with E-state index in [9.17, 15) is 13.2 Å². The van der Waals surface area contributed by atoms with Crippen LogP contribution < -0.4 is 14.8 Å². The third kappa shape index (κ3) is 6.40. The van der Waals surface area contributed by atoms with Gasteiger partial charge in [-0.1, -0.05) is 24.3 Å². The highest BCUT2D eigenvalue weighted by molar-refractivity contribution is 7.90. The fourth-order valence-electron chi connectivity index (χ4n) is 6.08. The van der Waals surface area contributed by atoms with Crippen LogP contribution in [0.4, 0.5) is 16.4 Å². The number of ether oxygens (including phenoxy) is 3. The predicted molar refractivity (Wildman–Crippen MR) is 173 cm³/mol. The molecule has 0 atom stereocenters. The van der Waals surface area contributed by atoms with E-state index in [1.54, 1.807) is 23.2 Å². The van der Waals surface area contributed by atoms with Gasteiger partial charge in [-0.25, -0.2) is 23.2 Å². The van der Waals surface area contributed by atoms with Gasteiger partial charge in [0.15, 0.2) is 9.84 Å². The smallest absolute Gasteiger partial charge is 0.410 e. The first kappa shape index (κ1) is 30.6. The lowest BCUT2D eigenvalue weighted by atomic mass is 9.85. The van der Waals surface area contributed by atoms with Crippen LogP contribution in [0.5, 0.6) is 11.5 Å². The Bertz CT molecular complexity index is 1880. The molecule has 3 heterocycles. The van der Waals surface area contributed by atoms with Crippen LogP contribution in [0.3, 0.4) is 0 Å². The van der Waals surface area contributed by atoms with Gasteiger partial charge in [-0.3, -0.25) is 0 Å². The maximum absolute atomic E-state index is 12.6. The van der Waals surface area contributed by atoms with Crippen molar-refractivity contribution in [2.75, 3.05) is 38.4 Å². The van der Waals surface area contributed by atoms with E-state index in [1.165, 1.54) is 30.6 Å². The largest absolute Gasteiger partial charge is 0.496 e. The Balaban J connectivity index is 1.26. The van der Waals surface area contributed by atoms with E-state index >= 15 is 0 Å². The van der Waals surface area contributed by atoms with E-state index in [4.69, 9.17) is 19.2 Å². The van der Waals surface area contributed by atoms with Crippen LogP contribution in [-0.4, -0.2) is 68.0 Å².